The minimum absolute atomic E-state index is 0.0196. The molecule has 0 saturated carbocycles. The van der Waals surface area contributed by atoms with Crippen LogP contribution in [0.1, 0.15) is 40.7 Å². The van der Waals surface area contributed by atoms with Crippen molar-refractivity contribution in [3.05, 3.63) is 94.5 Å². The number of hydrogen-bond donors (Lipinski definition) is 2. The van der Waals surface area contributed by atoms with Gasteiger partial charge in [-0.05, 0) is 44.2 Å². The number of hydrogen-bond acceptors (Lipinski definition) is 6. The molecule has 0 spiro atoms. The van der Waals surface area contributed by atoms with Crippen LogP contribution in [0.2, 0.25) is 0 Å². The summed E-state index contributed by atoms with van der Waals surface area (Å²) in [6.07, 6.45) is 1.50. The summed E-state index contributed by atoms with van der Waals surface area (Å²) in [7, 11) is 0. The molecule has 2 amide bonds. The van der Waals surface area contributed by atoms with Crippen LogP contribution in [0.15, 0.2) is 77.7 Å². The summed E-state index contributed by atoms with van der Waals surface area (Å²) < 4.78 is 6.94. The zero-order chi connectivity index (χ0) is 23.4. The average Bonchev–Trinajstić information content (AvgIpc) is 2.83. The first-order valence-corrected chi connectivity index (χ1v) is 10.3. The van der Waals surface area contributed by atoms with Crippen molar-refractivity contribution in [1.29, 1.82) is 0 Å². The van der Waals surface area contributed by atoms with Gasteiger partial charge in [0.1, 0.15) is 11.3 Å². The smallest absolute Gasteiger partial charge is 0.290 e. The zero-order valence-electron chi connectivity index (χ0n) is 18.0. The van der Waals surface area contributed by atoms with Crippen molar-refractivity contribution >= 4 is 22.6 Å². The van der Waals surface area contributed by atoms with E-state index in [1.165, 1.54) is 16.9 Å². The molecule has 4 aromatic rings. The van der Waals surface area contributed by atoms with Gasteiger partial charge in [-0.25, -0.2) is 9.67 Å². The lowest BCUT2D eigenvalue weighted by Gasteiger charge is -2.14. The first-order valence-electron chi connectivity index (χ1n) is 10.3. The van der Waals surface area contributed by atoms with Crippen LogP contribution in [0.3, 0.4) is 0 Å². The number of carbonyl (C=O) groups excluding carboxylic acids is 2. The summed E-state index contributed by atoms with van der Waals surface area (Å²) in [5, 5.41) is 4.98. The number of fused-ring (bicyclic) bond motifs is 1. The van der Waals surface area contributed by atoms with Gasteiger partial charge in [-0.3, -0.25) is 25.2 Å². The summed E-state index contributed by atoms with van der Waals surface area (Å²) in [5.41, 5.74) is 4.59. The largest absolute Gasteiger partial charge is 0.438 e. The van der Waals surface area contributed by atoms with Gasteiger partial charge in [-0.15, -0.1) is 0 Å². The van der Waals surface area contributed by atoms with E-state index in [2.05, 4.69) is 20.9 Å². The summed E-state index contributed by atoms with van der Waals surface area (Å²) in [6, 6.07) is 18.5. The van der Waals surface area contributed by atoms with Gasteiger partial charge in [0.2, 0.25) is 5.88 Å². The maximum atomic E-state index is 12.9. The number of para-hydroxylation sites is 1. The highest BCUT2D eigenvalue weighted by molar-refractivity contribution is 6.06. The monoisotopic (exact) mass is 443 g/mol. The van der Waals surface area contributed by atoms with Gasteiger partial charge >= 0.3 is 0 Å². The number of carbonyl (C=O) groups is 2. The Balaban J connectivity index is 1.57. The van der Waals surface area contributed by atoms with Crippen LogP contribution in [0.5, 0.6) is 11.6 Å². The molecule has 33 heavy (non-hydrogen) atoms. The van der Waals surface area contributed by atoms with Crippen molar-refractivity contribution in [2.75, 3.05) is 0 Å². The van der Waals surface area contributed by atoms with Crippen LogP contribution in [-0.4, -0.2) is 26.6 Å². The molecule has 9 nitrogen and oxygen atoms in total. The molecule has 166 valence electrons. The molecule has 0 fully saturated rings. The van der Waals surface area contributed by atoms with Crippen LogP contribution in [-0.2, 0) is 0 Å². The summed E-state index contributed by atoms with van der Waals surface area (Å²) in [5.74, 6) is -0.680. The summed E-state index contributed by atoms with van der Waals surface area (Å²) in [4.78, 5) is 42.4. The van der Waals surface area contributed by atoms with E-state index < -0.39 is 11.8 Å². The Kier molecular flexibility index (Phi) is 6.12. The number of nitrogens with one attached hydrogen (secondary N) is 2. The predicted octanol–water partition coefficient (Wildman–Crippen LogP) is 3.24. The Morgan fingerprint density at radius 2 is 1.55 bits per heavy atom. The Morgan fingerprint density at radius 1 is 0.879 bits per heavy atom. The van der Waals surface area contributed by atoms with E-state index >= 15 is 0 Å². The maximum absolute atomic E-state index is 12.9. The lowest BCUT2D eigenvalue weighted by molar-refractivity contribution is 0.0841. The highest BCUT2D eigenvalue weighted by Crippen LogP contribution is 2.22. The van der Waals surface area contributed by atoms with E-state index in [4.69, 9.17) is 4.74 Å². The molecule has 0 aliphatic heterocycles. The number of hydrazine groups is 1. The fraction of sp³-hybridized carbons (Fsp3) is 0.125. The maximum Gasteiger partial charge on any atom is 0.290 e. The molecule has 9 heteroatoms. The molecular weight excluding hydrogens is 422 g/mol. The molecular formula is C24H21N5O4. The predicted molar refractivity (Wildman–Crippen MR) is 122 cm³/mol. The van der Waals surface area contributed by atoms with Gasteiger partial charge in [0, 0.05) is 11.6 Å². The van der Waals surface area contributed by atoms with Crippen LogP contribution < -0.4 is 21.1 Å². The second-order valence-electron chi connectivity index (χ2n) is 7.42. The number of pyridine rings is 1. The summed E-state index contributed by atoms with van der Waals surface area (Å²) in [6.45, 7) is 3.59. The van der Waals surface area contributed by atoms with E-state index in [1.54, 1.807) is 68.4 Å². The SMILES string of the molecule is CC(C)n1nc(C(=O)NNC(=O)c2cccnc2Oc2ccccc2)c2ccccc2c1=O. The fourth-order valence-electron chi connectivity index (χ4n) is 3.21. The quantitative estimate of drug-likeness (QED) is 0.458. The molecule has 2 aromatic carbocycles. The molecule has 2 aromatic heterocycles. The zero-order valence-corrected chi connectivity index (χ0v) is 18.0. The second kappa shape index (κ2) is 9.31. The van der Waals surface area contributed by atoms with E-state index in [0.29, 0.717) is 16.5 Å². The number of benzene rings is 2. The third-order valence-electron chi connectivity index (χ3n) is 4.80. The second-order valence-corrected chi connectivity index (χ2v) is 7.42. The highest BCUT2D eigenvalue weighted by atomic mass is 16.5. The van der Waals surface area contributed by atoms with Gasteiger partial charge in [0.15, 0.2) is 5.69 Å². The third kappa shape index (κ3) is 4.57. The van der Waals surface area contributed by atoms with Crippen molar-refractivity contribution in [1.82, 2.24) is 25.6 Å². The third-order valence-corrected chi connectivity index (χ3v) is 4.80. The van der Waals surface area contributed by atoms with Gasteiger partial charge < -0.3 is 4.74 Å². The Hall–Kier alpha value is -4.53. The Labute approximate surface area is 189 Å². The van der Waals surface area contributed by atoms with Crippen molar-refractivity contribution in [3.63, 3.8) is 0 Å². The first-order chi connectivity index (χ1) is 16.0. The first kappa shape index (κ1) is 21.7. The van der Waals surface area contributed by atoms with E-state index in [9.17, 15) is 14.4 Å². The van der Waals surface area contributed by atoms with Crippen LogP contribution in [0, 0.1) is 0 Å². The number of nitrogens with zero attached hydrogens (tertiary/aromatic N) is 3. The van der Waals surface area contributed by atoms with E-state index in [0.717, 1.165) is 0 Å². The lowest BCUT2D eigenvalue weighted by Crippen LogP contribution is -2.43. The molecule has 0 radical (unpaired) electrons. The number of aromatic nitrogens is 3. The number of ether oxygens (including phenoxy) is 1. The highest BCUT2D eigenvalue weighted by Gasteiger charge is 2.20. The minimum Gasteiger partial charge on any atom is -0.438 e. The fourth-order valence-corrected chi connectivity index (χ4v) is 3.21. The van der Waals surface area contributed by atoms with Gasteiger partial charge in [-0.1, -0.05) is 36.4 Å². The minimum atomic E-state index is -0.664. The molecule has 0 unspecified atom stereocenters. The molecule has 0 aliphatic rings. The molecule has 2 N–H and O–H groups in total. The molecule has 0 bridgehead atoms. The van der Waals surface area contributed by atoms with Crippen molar-refractivity contribution in [2.45, 2.75) is 19.9 Å². The Bertz CT molecular complexity index is 1380. The van der Waals surface area contributed by atoms with Crippen molar-refractivity contribution in [2.24, 2.45) is 0 Å². The molecule has 0 aliphatic carbocycles. The summed E-state index contributed by atoms with van der Waals surface area (Å²) >= 11 is 0. The molecule has 2 heterocycles. The average molecular weight is 443 g/mol. The van der Waals surface area contributed by atoms with Gasteiger partial charge in [-0.2, -0.15) is 5.10 Å². The van der Waals surface area contributed by atoms with Crippen molar-refractivity contribution < 1.29 is 14.3 Å². The Morgan fingerprint density at radius 3 is 2.27 bits per heavy atom. The van der Waals surface area contributed by atoms with E-state index in [1.807, 2.05) is 6.07 Å². The normalized spacial score (nSPS) is 10.8. The van der Waals surface area contributed by atoms with Gasteiger partial charge in [0.05, 0.1) is 11.4 Å². The van der Waals surface area contributed by atoms with Gasteiger partial charge in [0.25, 0.3) is 17.4 Å². The van der Waals surface area contributed by atoms with Crippen LogP contribution in [0.25, 0.3) is 10.8 Å². The van der Waals surface area contributed by atoms with Crippen molar-refractivity contribution in [3.8, 4) is 11.6 Å². The molecule has 0 saturated heterocycles. The lowest BCUT2D eigenvalue weighted by atomic mass is 10.1. The van der Waals surface area contributed by atoms with E-state index in [-0.39, 0.29) is 28.7 Å². The topological polar surface area (TPSA) is 115 Å². The van der Waals surface area contributed by atoms with Crippen LogP contribution >= 0.6 is 0 Å². The molecule has 4 rings (SSSR count). The molecule has 0 atom stereocenters. The van der Waals surface area contributed by atoms with Crippen LogP contribution in [0.4, 0.5) is 0 Å². The number of rotatable bonds is 5. The standard InChI is InChI=1S/C24H21N5O4/c1-15(2)29-24(32)18-12-7-6-11-17(18)20(28-29)22(31)27-26-21(30)19-13-8-14-25-23(19)33-16-9-4-3-5-10-16/h3-15H,1-2H3,(H,26,30)(H,27,31). The number of amides is 2.